The zero-order chi connectivity index (χ0) is 10.5. The topological polar surface area (TPSA) is 15.3 Å². The molecule has 0 spiro atoms. The minimum Gasteiger partial charge on any atom is -0.314 e. The first-order valence-corrected chi connectivity index (χ1v) is 4.61. The predicted molar refractivity (Wildman–Crippen MR) is 51.3 cm³/mol. The van der Waals surface area contributed by atoms with Crippen LogP contribution >= 0.6 is 0 Å². The molecular formula is C9H20F2N2. The normalized spacial score (nSPS) is 12.9. The first kappa shape index (κ1) is 12.8. The Hall–Kier alpha value is -0.220. The standard InChI is InChI=1S/C9H20F2N2/c1-8(2)13(4)6-5-9(10,11)7-12-3/h8,12H,5-7H2,1-4H3. The van der Waals surface area contributed by atoms with E-state index >= 15 is 0 Å². The molecule has 0 saturated heterocycles. The average molecular weight is 194 g/mol. The van der Waals surface area contributed by atoms with Gasteiger partial charge in [-0.3, -0.25) is 0 Å². The second kappa shape index (κ2) is 5.50. The Morgan fingerprint density at radius 1 is 1.38 bits per heavy atom. The lowest BCUT2D eigenvalue weighted by molar-refractivity contribution is -0.0132. The van der Waals surface area contributed by atoms with Crippen LogP contribution in [0.1, 0.15) is 20.3 Å². The fraction of sp³-hybridized carbons (Fsp3) is 1.00. The number of hydrogen-bond donors (Lipinski definition) is 1. The summed E-state index contributed by atoms with van der Waals surface area (Å²) in [6.45, 7) is 4.19. The molecule has 0 radical (unpaired) electrons. The lowest BCUT2D eigenvalue weighted by Gasteiger charge is -2.24. The fourth-order valence-electron chi connectivity index (χ4n) is 0.945. The van der Waals surface area contributed by atoms with Crippen molar-refractivity contribution in [3.05, 3.63) is 0 Å². The third-order valence-corrected chi connectivity index (χ3v) is 2.15. The Labute approximate surface area is 79.3 Å². The summed E-state index contributed by atoms with van der Waals surface area (Å²) < 4.78 is 25.9. The fourth-order valence-corrected chi connectivity index (χ4v) is 0.945. The Balaban J connectivity index is 3.73. The summed E-state index contributed by atoms with van der Waals surface area (Å²) in [6, 6.07) is 0.324. The maximum absolute atomic E-state index is 13.0. The molecule has 4 heteroatoms. The maximum Gasteiger partial charge on any atom is 0.261 e. The Kier molecular flexibility index (Phi) is 5.40. The van der Waals surface area contributed by atoms with E-state index in [9.17, 15) is 8.78 Å². The highest BCUT2D eigenvalue weighted by Crippen LogP contribution is 2.17. The van der Waals surface area contributed by atoms with Gasteiger partial charge in [-0.2, -0.15) is 0 Å². The largest absolute Gasteiger partial charge is 0.314 e. The van der Waals surface area contributed by atoms with E-state index in [1.54, 1.807) is 7.05 Å². The molecule has 1 N–H and O–H groups in total. The molecule has 0 saturated carbocycles. The summed E-state index contributed by atoms with van der Waals surface area (Å²) in [6.07, 6.45) is -0.0808. The zero-order valence-electron chi connectivity index (χ0n) is 8.90. The van der Waals surface area contributed by atoms with Gasteiger partial charge < -0.3 is 10.2 Å². The molecule has 0 aromatic heterocycles. The highest BCUT2D eigenvalue weighted by molar-refractivity contribution is 4.71. The Morgan fingerprint density at radius 2 is 1.92 bits per heavy atom. The maximum atomic E-state index is 13.0. The van der Waals surface area contributed by atoms with Gasteiger partial charge in [-0.1, -0.05) is 0 Å². The van der Waals surface area contributed by atoms with E-state index in [1.165, 1.54) is 0 Å². The average Bonchev–Trinajstić information content (AvgIpc) is 2.00. The molecule has 0 aromatic rings. The molecule has 0 bridgehead atoms. The van der Waals surface area contributed by atoms with Crippen LogP contribution in [-0.2, 0) is 0 Å². The number of halogens is 2. The third kappa shape index (κ3) is 5.93. The number of nitrogens with one attached hydrogen (secondary N) is 1. The van der Waals surface area contributed by atoms with Crippen LogP contribution in [0.5, 0.6) is 0 Å². The van der Waals surface area contributed by atoms with Gasteiger partial charge in [0.05, 0.1) is 6.54 Å². The van der Waals surface area contributed by atoms with E-state index in [-0.39, 0.29) is 13.0 Å². The van der Waals surface area contributed by atoms with Crippen LogP contribution in [0.15, 0.2) is 0 Å². The lowest BCUT2D eigenvalue weighted by Crippen LogP contribution is -2.36. The van der Waals surface area contributed by atoms with E-state index in [4.69, 9.17) is 0 Å². The summed E-state index contributed by atoms with van der Waals surface area (Å²) in [5, 5.41) is 2.49. The molecule has 0 aliphatic rings. The highest BCUT2D eigenvalue weighted by Gasteiger charge is 2.27. The van der Waals surface area contributed by atoms with E-state index in [0.717, 1.165) is 0 Å². The van der Waals surface area contributed by atoms with Gasteiger partial charge in [0.2, 0.25) is 0 Å². The van der Waals surface area contributed by atoms with Crippen LogP contribution in [0, 0.1) is 0 Å². The minimum atomic E-state index is -2.59. The summed E-state index contributed by atoms with van der Waals surface area (Å²) in [5.74, 6) is -2.59. The van der Waals surface area contributed by atoms with Gasteiger partial charge in [-0.05, 0) is 27.9 Å². The van der Waals surface area contributed by atoms with Crippen molar-refractivity contribution in [1.82, 2.24) is 10.2 Å². The molecule has 0 heterocycles. The van der Waals surface area contributed by atoms with E-state index in [2.05, 4.69) is 5.32 Å². The molecule has 0 aromatic carbocycles. The summed E-state index contributed by atoms with van der Waals surface area (Å²) in [4.78, 5) is 1.92. The summed E-state index contributed by atoms with van der Waals surface area (Å²) in [5.41, 5.74) is 0. The second-order valence-electron chi connectivity index (χ2n) is 3.71. The van der Waals surface area contributed by atoms with Crippen molar-refractivity contribution in [2.45, 2.75) is 32.2 Å². The van der Waals surface area contributed by atoms with Gasteiger partial charge in [-0.25, -0.2) is 8.78 Å². The molecule has 0 rings (SSSR count). The summed E-state index contributed by atoms with van der Waals surface area (Å²) in [7, 11) is 3.40. The molecule has 0 atom stereocenters. The van der Waals surface area contributed by atoms with Crippen LogP contribution in [-0.4, -0.2) is 44.0 Å². The first-order valence-electron chi connectivity index (χ1n) is 4.61. The second-order valence-corrected chi connectivity index (χ2v) is 3.71. The highest BCUT2D eigenvalue weighted by atomic mass is 19.3. The van der Waals surface area contributed by atoms with Crippen LogP contribution in [0.2, 0.25) is 0 Å². The molecule has 0 unspecified atom stereocenters. The third-order valence-electron chi connectivity index (χ3n) is 2.15. The predicted octanol–water partition coefficient (Wildman–Crippen LogP) is 1.57. The van der Waals surface area contributed by atoms with Gasteiger partial charge in [0.25, 0.3) is 5.92 Å². The molecule has 80 valence electrons. The van der Waals surface area contributed by atoms with Crippen molar-refractivity contribution in [1.29, 1.82) is 0 Å². The van der Waals surface area contributed by atoms with Gasteiger partial charge >= 0.3 is 0 Å². The van der Waals surface area contributed by atoms with Crippen LogP contribution < -0.4 is 5.32 Å². The Morgan fingerprint density at radius 3 is 2.31 bits per heavy atom. The number of alkyl halides is 2. The SMILES string of the molecule is CNCC(F)(F)CCN(C)C(C)C. The zero-order valence-corrected chi connectivity index (χ0v) is 8.90. The van der Waals surface area contributed by atoms with E-state index in [1.807, 2.05) is 25.8 Å². The van der Waals surface area contributed by atoms with Crippen molar-refractivity contribution < 1.29 is 8.78 Å². The molecule has 0 aliphatic heterocycles. The Bertz CT molecular complexity index is 138. The molecule has 2 nitrogen and oxygen atoms in total. The van der Waals surface area contributed by atoms with Crippen molar-refractivity contribution in [2.75, 3.05) is 27.2 Å². The van der Waals surface area contributed by atoms with E-state index < -0.39 is 5.92 Å². The van der Waals surface area contributed by atoms with Gasteiger partial charge in [0.15, 0.2) is 0 Å². The van der Waals surface area contributed by atoms with E-state index in [0.29, 0.717) is 12.6 Å². The minimum absolute atomic E-state index is 0.0808. The quantitative estimate of drug-likeness (QED) is 0.690. The number of rotatable bonds is 6. The number of nitrogens with zero attached hydrogens (tertiary/aromatic N) is 1. The molecular weight excluding hydrogens is 174 g/mol. The smallest absolute Gasteiger partial charge is 0.261 e. The van der Waals surface area contributed by atoms with Crippen molar-refractivity contribution in [3.8, 4) is 0 Å². The van der Waals surface area contributed by atoms with Crippen molar-refractivity contribution in [3.63, 3.8) is 0 Å². The monoisotopic (exact) mass is 194 g/mol. The molecule has 13 heavy (non-hydrogen) atoms. The molecule has 0 amide bonds. The van der Waals surface area contributed by atoms with Crippen LogP contribution in [0.4, 0.5) is 8.78 Å². The van der Waals surface area contributed by atoms with Gasteiger partial charge in [0, 0.05) is 19.0 Å². The summed E-state index contributed by atoms with van der Waals surface area (Å²) >= 11 is 0. The van der Waals surface area contributed by atoms with Crippen molar-refractivity contribution >= 4 is 0 Å². The molecule has 0 aliphatic carbocycles. The first-order chi connectivity index (χ1) is 5.89. The van der Waals surface area contributed by atoms with Crippen molar-refractivity contribution in [2.24, 2.45) is 0 Å². The molecule has 0 fully saturated rings. The lowest BCUT2D eigenvalue weighted by atomic mass is 10.2. The van der Waals surface area contributed by atoms with Crippen LogP contribution in [0.3, 0.4) is 0 Å². The van der Waals surface area contributed by atoms with Gasteiger partial charge in [0.1, 0.15) is 0 Å². The van der Waals surface area contributed by atoms with Gasteiger partial charge in [-0.15, -0.1) is 0 Å². The number of hydrogen-bond acceptors (Lipinski definition) is 2. The van der Waals surface area contributed by atoms with Crippen LogP contribution in [0.25, 0.3) is 0 Å².